The average Bonchev–Trinajstić information content (AvgIpc) is 3.13. The zero-order valence-electron chi connectivity index (χ0n) is 20.4. The quantitative estimate of drug-likeness (QED) is 0.414. The maximum absolute atomic E-state index is 13.0. The molecular weight excluding hydrogens is 466 g/mol. The van der Waals surface area contributed by atoms with Gasteiger partial charge in [0.15, 0.2) is 5.71 Å². The second kappa shape index (κ2) is 9.79. The molecule has 0 unspecified atom stereocenters. The summed E-state index contributed by atoms with van der Waals surface area (Å²) in [4.78, 5) is 13.0. The number of sulfonamides is 1. The van der Waals surface area contributed by atoms with Crippen molar-refractivity contribution >= 4 is 38.7 Å². The molecule has 3 N–H and O–H groups in total. The summed E-state index contributed by atoms with van der Waals surface area (Å²) in [6.07, 6.45) is 2.38. The van der Waals surface area contributed by atoms with Gasteiger partial charge in [0.1, 0.15) is 5.75 Å². The third-order valence-corrected chi connectivity index (χ3v) is 8.83. The molecule has 35 heavy (non-hydrogen) atoms. The number of para-hydroxylation sites is 1. The molecule has 0 atom stereocenters. The Morgan fingerprint density at radius 3 is 2.43 bits per heavy atom. The Hall–Kier alpha value is -3.24. The first kappa shape index (κ1) is 24.9. The van der Waals surface area contributed by atoms with E-state index in [2.05, 4.69) is 20.4 Å². The fourth-order valence-corrected chi connectivity index (χ4v) is 5.83. The van der Waals surface area contributed by atoms with Gasteiger partial charge in [-0.2, -0.15) is 15.2 Å². The van der Waals surface area contributed by atoms with Crippen molar-refractivity contribution in [2.75, 3.05) is 17.5 Å². The van der Waals surface area contributed by atoms with Crippen LogP contribution in [-0.4, -0.2) is 43.2 Å². The Bertz CT molecular complexity index is 1310. The Morgan fingerprint density at radius 2 is 1.77 bits per heavy atom. The molecular formula is C25H31N5O4S. The predicted octanol–water partition coefficient (Wildman–Crippen LogP) is 3.78. The molecule has 0 saturated heterocycles. The van der Waals surface area contributed by atoms with Crippen LogP contribution in [0.1, 0.15) is 55.2 Å². The molecule has 2 aromatic rings. The minimum absolute atomic E-state index is 0.0457. The number of benzene rings is 2. The predicted molar refractivity (Wildman–Crippen MR) is 139 cm³/mol. The molecule has 4 rings (SSSR count). The van der Waals surface area contributed by atoms with Crippen molar-refractivity contribution in [1.29, 1.82) is 0 Å². The number of phenols is 1. The molecule has 0 radical (unpaired) electrons. The maximum atomic E-state index is 13.0. The molecule has 1 aliphatic heterocycles. The van der Waals surface area contributed by atoms with Gasteiger partial charge in [-0.1, -0.05) is 18.2 Å². The van der Waals surface area contributed by atoms with Crippen molar-refractivity contribution in [2.45, 2.75) is 57.6 Å². The second-order valence-electron chi connectivity index (χ2n) is 9.11. The number of hydrazone groups is 2. The highest BCUT2D eigenvalue weighted by atomic mass is 32.2. The van der Waals surface area contributed by atoms with Crippen LogP contribution in [0.5, 0.6) is 5.75 Å². The van der Waals surface area contributed by atoms with Gasteiger partial charge in [0.2, 0.25) is 10.0 Å². The summed E-state index contributed by atoms with van der Waals surface area (Å²) in [6, 6.07) is 11.0. The van der Waals surface area contributed by atoms with E-state index in [9.17, 15) is 18.3 Å². The topological polar surface area (TPSA) is 123 Å². The third-order valence-electron chi connectivity index (χ3n) is 6.92. The van der Waals surface area contributed by atoms with Crippen LogP contribution in [-0.2, 0) is 14.8 Å². The normalized spacial score (nSPS) is 21.9. The number of nitrogens with one attached hydrogen (secondary N) is 2. The van der Waals surface area contributed by atoms with Crippen LogP contribution in [0.15, 0.2) is 46.6 Å². The molecule has 0 aromatic heterocycles. The van der Waals surface area contributed by atoms with Gasteiger partial charge >= 0.3 is 5.91 Å². The number of aryl methyl sites for hydroxylation is 2. The van der Waals surface area contributed by atoms with E-state index in [1.807, 2.05) is 44.2 Å². The zero-order chi connectivity index (χ0) is 25.3. The van der Waals surface area contributed by atoms with E-state index in [4.69, 9.17) is 0 Å². The largest absolute Gasteiger partial charge is 0.505 e. The summed E-state index contributed by atoms with van der Waals surface area (Å²) in [5.74, 6) is -0.245. The number of aromatic hydroxyl groups is 1. The molecule has 10 heteroatoms. The molecule has 2 aromatic carbocycles. The standard InChI is InChI=1S/C25H31N5O4S/c1-15-8-11-19(14-16(15)2)30-25(32)23(17(3)29-30)28-27-22-7-5-6-21(24(22)31)18-9-12-20(13-10-18)35(33,34)26-4/h5-8,11,14,18,20,26-27,31H,9-10,12-13H2,1-4H3. The Morgan fingerprint density at radius 1 is 1.06 bits per heavy atom. The van der Waals surface area contributed by atoms with Crippen molar-refractivity contribution in [3.63, 3.8) is 0 Å². The smallest absolute Gasteiger partial charge is 0.301 e. The molecule has 0 spiro atoms. The number of carbonyl (C=O) groups excluding carboxylic acids is 1. The highest BCUT2D eigenvalue weighted by Gasteiger charge is 2.33. The first-order chi connectivity index (χ1) is 16.6. The zero-order valence-corrected chi connectivity index (χ0v) is 21.2. The van der Waals surface area contributed by atoms with Crippen LogP contribution in [0.25, 0.3) is 0 Å². The van der Waals surface area contributed by atoms with Gasteiger partial charge in [-0.25, -0.2) is 13.1 Å². The molecule has 1 fully saturated rings. The summed E-state index contributed by atoms with van der Waals surface area (Å²) < 4.78 is 26.6. The van der Waals surface area contributed by atoms with Crippen LogP contribution < -0.4 is 15.2 Å². The minimum atomic E-state index is -3.29. The number of carbonyl (C=O) groups is 1. The number of hydrogen-bond acceptors (Lipinski definition) is 7. The number of anilines is 2. The van der Waals surface area contributed by atoms with Gasteiger partial charge in [0, 0.05) is 0 Å². The molecule has 9 nitrogen and oxygen atoms in total. The lowest BCUT2D eigenvalue weighted by Crippen LogP contribution is -2.34. The molecule has 1 amide bonds. The molecule has 2 aliphatic rings. The summed E-state index contributed by atoms with van der Waals surface area (Å²) in [5.41, 5.74) is 7.46. The van der Waals surface area contributed by atoms with Gasteiger partial charge < -0.3 is 5.11 Å². The number of phenolic OH excluding ortho intramolecular Hbond substituents is 1. The van der Waals surface area contributed by atoms with E-state index in [1.54, 1.807) is 13.0 Å². The highest BCUT2D eigenvalue weighted by molar-refractivity contribution is 7.90. The third kappa shape index (κ3) is 4.94. The fraction of sp³-hybridized carbons (Fsp3) is 0.400. The second-order valence-corrected chi connectivity index (χ2v) is 11.3. The van der Waals surface area contributed by atoms with E-state index in [0.29, 0.717) is 42.8 Å². The summed E-state index contributed by atoms with van der Waals surface area (Å²) in [5, 5.41) is 20.5. The van der Waals surface area contributed by atoms with Crippen molar-refractivity contribution < 1.29 is 18.3 Å². The lowest BCUT2D eigenvalue weighted by molar-refractivity contribution is -0.112. The summed E-state index contributed by atoms with van der Waals surface area (Å²) in [7, 11) is -1.86. The Labute approximate surface area is 206 Å². The van der Waals surface area contributed by atoms with E-state index in [0.717, 1.165) is 16.7 Å². The van der Waals surface area contributed by atoms with Crippen LogP contribution in [0.3, 0.4) is 0 Å². The van der Waals surface area contributed by atoms with Gasteiger partial charge in [-0.15, -0.1) is 0 Å². The van der Waals surface area contributed by atoms with Crippen LogP contribution in [0.4, 0.5) is 11.4 Å². The molecule has 0 bridgehead atoms. The van der Waals surface area contributed by atoms with Crippen molar-refractivity contribution in [3.05, 3.63) is 53.1 Å². The average molecular weight is 498 g/mol. The van der Waals surface area contributed by atoms with Crippen molar-refractivity contribution in [2.24, 2.45) is 10.2 Å². The molecule has 186 valence electrons. The lowest BCUT2D eigenvalue weighted by atomic mass is 9.83. The molecule has 1 heterocycles. The first-order valence-corrected chi connectivity index (χ1v) is 13.2. The Kier molecular flexibility index (Phi) is 6.95. The number of amides is 1. The van der Waals surface area contributed by atoms with E-state index >= 15 is 0 Å². The number of rotatable bonds is 6. The minimum Gasteiger partial charge on any atom is -0.505 e. The SMILES string of the molecule is CNS(=O)(=O)C1CCC(c2cccc(NN=C3C(=O)N(c4ccc(C)c(C)c4)N=C3C)c2O)CC1. The molecule has 1 saturated carbocycles. The van der Waals surface area contributed by atoms with E-state index < -0.39 is 15.3 Å². The summed E-state index contributed by atoms with van der Waals surface area (Å²) in [6.45, 7) is 5.70. The van der Waals surface area contributed by atoms with Crippen LogP contribution in [0, 0.1) is 13.8 Å². The monoisotopic (exact) mass is 497 g/mol. The highest BCUT2D eigenvalue weighted by Crippen LogP contribution is 2.41. The lowest BCUT2D eigenvalue weighted by Gasteiger charge is -2.29. The van der Waals surface area contributed by atoms with Crippen molar-refractivity contribution in [1.82, 2.24) is 4.72 Å². The van der Waals surface area contributed by atoms with Crippen LogP contribution in [0.2, 0.25) is 0 Å². The molecule has 1 aliphatic carbocycles. The van der Waals surface area contributed by atoms with Gasteiger partial charge in [-0.05, 0) is 94.3 Å². The van der Waals surface area contributed by atoms with Crippen LogP contribution >= 0.6 is 0 Å². The van der Waals surface area contributed by atoms with Gasteiger partial charge in [0.25, 0.3) is 0 Å². The Balaban J connectivity index is 1.49. The number of nitrogens with zero attached hydrogens (tertiary/aromatic N) is 3. The van der Waals surface area contributed by atoms with Crippen molar-refractivity contribution in [3.8, 4) is 5.75 Å². The van der Waals surface area contributed by atoms with E-state index in [1.165, 1.54) is 12.1 Å². The fourth-order valence-electron chi connectivity index (χ4n) is 4.61. The van der Waals surface area contributed by atoms with E-state index in [-0.39, 0.29) is 23.3 Å². The summed E-state index contributed by atoms with van der Waals surface area (Å²) >= 11 is 0. The number of hydrogen-bond donors (Lipinski definition) is 3. The maximum Gasteiger partial charge on any atom is 0.301 e. The van der Waals surface area contributed by atoms with Gasteiger partial charge in [-0.3, -0.25) is 10.2 Å². The first-order valence-electron chi connectivity index (χ1n) is 11.7. The van der Waals surface area contributed by atoms with Gasteiger partial charge in [0.05, 0.1) is 22.3 Å².